The largest absolute Gasteiger partial charge is 0.337 e. The van der Waals surface area contributed by atoms with E-state index < -0.39 is 0 Å². The molecule has 0 aliphatic rings. The Morgan fingerprint density at radius 2 is 1.89 bits per heavy atom. The van der Waals surface area contributed by atoms with Gasteiger partial charge in [-0.1, -0.05) is 15.9 Å². The number of fused-ring (bicyclic) bond motifs is 1. The second kappa shape index (κ2) is 4.47. The summed E-state index contributed by atoms with van der Waals surface area (Å²) in [5.41, 5.74) is 4.53. The fourth-order valence-electron chi connectivity index (χ4n) is 1.94. The number of H-pyrrole nitrogens is 1. The van der Waals surface area contributed by atoms with Crippen molar-refractivity contribution in [3.63, 3.8) is 0 Å². The van der Waals surface area contributed by atoms with Gasteiger partial charge in [-0.3, -0.25) is 0 Å². The van der Waals surface area contributed by atoms with Crippen molar-refractivity contribution < 1.29 is 0 Å². The van der Waals surface area contributed by atoms with E-state index in [4.69, 9.17) is 4.98 Å². The number of nitrogens with zero attached hydrogens (tertiary/aromatic N) is 1. The standard InChI is InChI=1S/C13H10Br2N2S/c1-6-3-8(14)5-9-11(6)17-13(16-9)10-4-7(2)12(15)18-10/h3-5H,1-2H3,(H,16,17). The molecule has 3 aromatic rings. The minimum atomic E-state index is 0.935. The maximum atomic E-state index is 4.69. The molecule has 1 aromatic carbocycles. The van der Waals surface area contributed by atoms with Crippen LogP contribution in [0.2, 0.25) is 0 Å². The van der Waals surface area contributed by atoms with Gasteiger partial charge in [0.2, 0.25) is 0 Å². The molecule has 18 heavy (non-hydrogen) atoms. The first kappa shape index (κ1) is 12.4. The van der Waals surface area contributed by atoms with E-state index in [1.165, 1.54) is 11.1 Å². The predicted octanol–water partition coefficient (Wildman–Crippen LogP) is 5.43. The molecule has 2 aromatic heterocycles. The number of aryl methyl sites for hydroxylation is 2. The van der Waals surface area contributed by atoms with Crippen LogP contribution in [0.5, 0.6) is 0 Å². The minimum absolute atomic E-state index is 0.935. The Morgan fingerprint density at radius 1 is 1.11 bits per heavy atom. The number of rotatable bonds is 1. The van der Waals surface area contributed by atoms with Crippen LogP contribution in [-0.4, -0.2) is 9.97 Å². The normalized spacial score (nSPS) is 11.3. The summed E-state index contributed by atoms with van der Waals surface area (Å²) in [7, 11) is 0. The number of thiophene rings is 1. The lowest BCUT2D eigenvalue weighted by molar-refractivity contribution is 1.35. The zero-order valence-electron chi connectivity index (χ0n) is 9.84. The van der Waals surface area contributed by atoms with Crippen LogP contribution in [-0.2, 0) is 0 Å². The molecule has 92 valence electrons. The number of halogens is 2. The number of aromatic amines is 1. The van der Waals surface area contributed by atoms with Crippen molar-refractivity contribution in [2.24, 2.45) is 0 Å². The molecule has 0 radical (unpaired) electrons. The lowest BCUT2D eigenvalue weighted by Gasteiger charge is -1.94. The summed E-state index contributed by atoms with van der Waals surface area (Å²) in [6.07, 6.45) is 0. The summed E-state index contributed by atoms with van der Waals surface area (Å²) < 4.78 is 2.24. The van der Waals surface area contributed by atoms with Crippen LogP contribution in [0.15, 0.2) is 26.5 Å². The van der Waals surface area contributed by atoms with Crippen molar-refractivity contribution >= 4 is 54.2 Å². The Kier molecular flexibility index (Phi) is 3.08. The van der Waals surface area contributed by atoms with Gasteiger partial charge in [-0.25, -0.2) is 4.98 Å². The first-order valence-corrected chi connectivity index (χ1v) is 7.87. The van der Waals surface area contributed by atoms with Crippen LogP contribution in [0.25, 0.3) is 21.7 Å². The highest BCUT2D eigenvalue weighted by atomic mass is 79.9. The van der Waals surface area contributed by atoms with Gasteiger partial charge in [-0.15, -0.1) is 11.3 Å². The topological polar surface area (TPSA) is 28.7 Å². The fourth-order valence-corrected chi connectivity index (χ4v) is 3.99. The predicted molar refractivity (Wildman–Crippen MR) is 84.3 cm³/mol. The molecule has 0 aliphatic heterocycles. The molecule has 3 rings (SSSR count). The number of nitrogens with one attached hydrogen (secondary N) is 1. The molecule has 5 heteroatoms. The molecule has 1 N–H and O–H groups in total. The first-order valence-electron chi connectivity index (χ1n) is 5.47. The Balaban J connectivity index is 2.22. The summed E-state index contributed by atoms with van der Waals surface area (Å²) in [4.78, 5) is 9.23. The van der Waals surface area contributed by atoms with Gasteiger partial charge in [0.1, 0.15) is 5.82 Å². The molecule has 2 nitrogen and oxygen atoms in total. The summed E-state index contributed by atoms with van der Waals surface area (Å²) in [6, 6.07) is 6.30. The van der Waals surface area contributed by atoms with Crippen LogP contribution < -0.4 is 0 Å². The van der Waals surface area contributed by atoms with E-state index in [1.54, 1.807) is 11.3 Å². The summed E-state index contributed by atoms with van der Waals surface area (Å²) in [6.45, 7) is 4.17. The van der Waals surface area contributed by atoms with E-state index in [0.29, 0.717) is 0 Å². The van der Waals surface area contributed by atoms with E-state index in [9.17, 15) is 0 Å². The lowest BCUT2D eigenvalue weighted by Crippen LogP contribution is -1.76. The molecule has 0 unspecified atom stereocenters. The summed E-state index contributed by atoms with van der Waals surface area (Å²) in [5.74, 6) is 0.935. The number of benzene rings is 1. The van der Waals surface area contributed by atoms with Gasteiger partial charge in [-0.05, 0) is 59.1 Å². The molecular formula is C13H10Br2N2S. The van der Waals surface area contributed by atoms with Crippen LogP contribution in [0.4, 0.5) is 0 Å². The van der Waals surface area contributed by atoms with Crippen molar-refractivity contribution in [3.8, 4) is 10.7 Å². The van der Waals surface area contributed by atoms with Gasteiger partial charge in [0.05, 0.1) is 19.7 Å². The third kappa shape index (κ3) is 2.04. The van der Waals surface area contributed by atoms with Gasteiger partial charge in [0.15, 0.2) is 0 Å². The van der Waals surface area contributed by atoms with Crippen molar-refractivity contribution in [2.75, 3.05) is 0 Å². The third-order valence-corrected chi connectivity index (χ3v) is 5.43. The zero-order valence-corrected chi connectivity index (χ0v) is 13.8. The monoisotopic (exact) mass is 384 g/mol. The Hall–Kier alpha value is -0.650. The quantitative estimate of drug-likeness (QED) is 0.594. The number of hydrogen-bond acceptors (Lipinski definition) is 2. The van der Waals surface area contributed by atoms with Crippen molar-refractivity contribution in [1.29, 1.82) is 0 Å². The molecule has 0 spiro atoms. The lowest BCUT2D eigenvalue weighted by atomic mass is 10.2. The maximum absolute atomic E-state index is 4.69. The molecule has 2 heterocycles. The Labute approximate surface area is 126 Å². The third-order valence-electron chi connectivity index (χ3n) is 2.83. The molecule has 0 aliphatic carbocycles. The van der Waals surface area contributed by atoms with Crippen LogP contribution in [0.1, 0.15) is 11.1 Å². The van der Waals surface area contributed by atoms with Gasteiger partial charge in [0, 0.05) is 4.47 Å². The number of aromatic nitrogens is 2. The van der Waals surface area contributed by atoms with E-state index in [1.807, 2.05) is 0 Å². The van der Waals surface area contributed by atoms with Gasteiger partial charge >= 0.3 is 0 Å². The highest BCUT2D eigenvalue weighted by Crippen LogP contribution is 2.34. The highest BCUT2D eigenvalue weighted by Gasteiger charge is 2.11. The average molecular weight is 386 g/mol. The molecule has 0 bridgehead atoms. The second-order valence-corrected chi connectivity index (χ2v) is 7.56. The first-order chi connectivity index (χ1) is 8.54. The smallest absolute Gasteiger partial charge is 0.148 e. The highest BCUT2D eigenvalue weighted by molar-refractivity contribution is 9.11. The molecule has 0 saturated heterocycles. The zero-order chi connectivity index (χ0) is 12.9. The average Bonchev–Trinajstić information content (AvgIpc) is 2.84. The van der Waals surface area contributed by atoms with Crippen molar-refractivity contribution in [2.45, 2.75) is 13.8 Å². The molecule has 0 atom stereocenters. The van der Waals surface area contributed by atoms with Crippen LogP contribution >= 0.6 is 43.2 Å². The summed E-state index contributed by atoms with van der Waals surface area (Å²) in [5, 5.41) is 0. The van der Waals surface area contributed by atoms with E-state index >= 15 is 0 Å². The molecule has 0 saturated carbocycles. The molecule has 0 amide bonds. The summed E-state index contributed by atoms with van der Waals surface area (Å²) >= 11 is 8.77. The molecule has 0 fully saturated rings. The van der Waals surface area contributed by atoms with Gasteiger partial charge in [-0.2, -0.15) is 0 Å². The van der Waals surface area contributed by atoms with Crippen LogP contribution in [0.3, 0.4) is 0 Å². The maximum Gasteiger partial charge on any atom is 0.148 e. The SMILES string of the molecule is Cc1cc(-c2nc3c(C)cc(Br)cc3[nH]2)sc1Br. The van der Waals surface area contributed by atoms with E-state index in [0.717, 1.165) is 30.0 Å². The van der Waals surface area contributed by atoms with Crippen molar-refractivity contribution in [3.05, 3.63) is 37.6 Å². The molecular weight excluding hydrogens is 376 g/mol. The Bertz CT molecular complexity index is 723. The van der Waals surface area contributed by atoms with Gasteiger partial charge < -0.3 is 4.98 Å². The van der Waals surface area contributed by atoms with E-state index in [2.05, 4.69) is 68.9 Å². The number of imidazole rings is 1. The van der Waals surface area contributed by atoms with Crippen LogP contribution in [0, 0.1) is 13.8 Å². The second-order valence-electron chi connectivity index (χ2n) is 4.27. The Morgan fingerprint density at radius 3 is 2.56 bits per heavy atom. The minimum Gasteiger partial charge on any atom is -0.337 e. The fraction of sp³-hybridized carbons (Fsp3) is 0.154. The van der Waals surface area contributed by atoms with Gasteiger partial charge in [0.25, 0.3) is 0 Å². The van der Waals surface area contributed by atoms with Crippen molar-refractivity contribution in [1.82, 2.24) is 9.97 Å². The van der Waals surface area contributed by atoms with E-state index in [-0.39, 0.29) is 0 Å². The number of hydrogen-bond donors (Lipinski definition) is 1.